The molecule has 1 aromatic carbocycles. The first-order valence-corrected chi connectivity index (χ1v) is 9.04. The minimum Gasteiger partial charge on any atom is -0.366 e. The second-order valence-electron chi connectivity index (χ2n) is 7.60. The summed E-state index contributed by atoms with van der Waals surface area (Å²) in [5.41, 5.74) is 2.21. The molecule has 6 rings (SSSR count). The van der Waals surface area contributed by atoms with E-state index in [0.717, 1.165) is 44.6 Å². The number of hydrogen-bond acceptors (Lipinski definition) is 4. The number of nitrogens with one attached hydrogen (secondary N) is 2. The van der Waals surface area contributed by atoms with Gasteiger partial charge < -0.3 is 20.4 Å². The van der Waals surface area contributed by atoms with Gasteiger partial charge in [0.1, 0.15) is 5.82 Å². The molecule has 2 bridgehead atoms. The van der Waals surface area contributed by atoms with Crippen molar-refractivity contribution >= 4 is 11.6 Å². The van der Waals surface area contributed by atoms with Gasteiger partial charge in [-0.15, -0.1) is 0 Å². The van der Waals surface area contributed by atoms with Gasteiger partial charge in [-0.1, -0.05) is 0 Å². The molecule has 1 amide bonds. The smallest absolute Gasteiger partial charge is 0.254 e. The Kier molecular flexibility index (Phi) is 3.31. The summed E-state index contributed by atoms with van der Waals surface area (Å²) in [5.74, 6) is -0.265. The first-order valence-electron chi connectivity index (χ1n) is 9.04. The summed E-state index contributed by atoms with van der Waals surface area (Å²) in [6, 6.07) is 4.60. The molecule has 128 valence electrons. The molecule has 5 aliphatic rings. The van der Waals surface area contributed by atoms with Crippen LogP contribution in [0, 0.1) is 5.82 Å². The predicted molar refractivity (Wildman–Crippen MR) is 89.7 cm³/mol. The number of hydrogen-bond donors (Lipinski definition) is 2. The van der Waals surface area contributed by atoms with Gasteiger partial charge >= 0.3 is 0 Å². The SMILES string of the molecule is O=C1c2cc(F)c(N3CC4CC(C3)N4)cc2CN1C1CCCNC1. The van der Waals surface area contributed by atoms with Gasteiger partial charge in [-0.2, -0.15) is 0 Å². The van der Waals surface area contributed by atoms with E-state index < -0.39 is 0 Å². The zero-order valence-corrected chi connectivity index (χ0v) is 13.7. The molecule has 24 heavy (non-hydrogen) atoms. The fourth-order valence-electron chi connectivity index (χ4n) is 4.69. The number of halogens is 1. The van der Waals surface area contributed by atoms with Crippen LogP contribution >= 0.6 is 0 Å². The number of fused-ring (bicyclic) bond motifs is 3. The Labute approximate surface area is 141 Å². The van der Waals surface area contributed by atoms with E-state index in [1.807, 2.05) is 11.0 Å². The third-order valence-corrected chi connectivity index (χ3v) is 5.98. The minimum atomic E-state index is -0.257. The van der Waals surface area contributed by atoms with Gasteiger partial charge in [-0.05, 0) is 43.5 Å². The van der Waals surface area contributed by atoms with Gasteiger partial charge in [0, 0.05) is 49.9 Å². The molecule has 0 spiro atoms. The van der Waals surface area contributed by atoms with Crippen LogP contribution in [-0.2, 0) is 6.54 Å². The Hall–Kier alpha value is -1.66. The van der Waals surface area contributed by atoms with Crippen LogP contribution in [0.15, 0.2) is 12.1 Å². The van der Waals surface area contributed by atoms with E-state index in [4.69, 9.17) is 0 Å². The van der Waals surface area contributed by atoms with Crippen LogP contribution in [0.5, 0.6) is 0 Å². The molecule has 4 fully saturated rings. The maximum atomic E-state index is 14.7. The lowest BCUT2D eigenvalue weighted by Gasteiger charge is -2.49. The van der Waals surface area contributed by atoms with Crippen LogP contribution in [0.4, 0.5) is 10.1 Å². The number of amides is 1. The van der Waals surface area contributed by atoms with Crippen molar-refractivity contribution in [3.8, 4) is 0 Å². The molecule has 1 aromatic rings. The highest BCUT2D eigenvalue weighted by Gasteiger charge is 2.39. The molecule has 5 aliphatic heterocycles. The topological polar surface area (TPSA) is 47.6 Å². The fraction of sp³-hybridized carbons (Fsp3) is 0.611. The average molecular weight is 330 g/mol. The van der Waals surface area contributed by atoms with Gasteiger partial charge in [0.25, 0.3) is 5.91 Å². The molecule has 6 heteroatoms. The van der Waals surface area contributed by atoms with Crippen molar-refractivity contribution in [1.29, 1.82) is 0 Å². The third-order valence-electron chi connectivity index (χ3n) is 5.98. The molecule has 0 saturated carbocycles. The van der Waals surface area contributed by atoms with E-state index in [9.17, 15) is 9.18 Å². The van der Waals surface area contributed by atoms with Crippen molar-refractivity contribution in [3.63, 3.8) is 0 Å². The first-order chi connectivity index (χ1) is 11.7. The maximum absolute atomic E-state index is 14.7. The molecule has 0 radical (unpaired) electrons. The summed E-state index contributed by atoms with van der Waals surface area (Å²) < 4.78 is 14.7. The summed E-state index contributed by atoms with van der Waals surface area (Å²) in [7, 11) is 0. The Bertz CT molecular complexity index is 672. The lowest BCUT2D eigenvalue weighted by molar-refractivity contribution is 0.0674. The number of rotatable bonds is 2. The molecule has 0 aliphatic carbocycles. The van der Waals surface area contributed by atoms with Crippen molar-refractivity contribution in [2.45, 2.75) is 43.9 Å². The summed E-state index contributed by atoms with van der Waals surface area (Å²) in [6.07, 6.45) is 3.32. The Morgan fingerprint density at radius 1 is 1.21 bits per heavy atom. The van der Waals surface area contributed by atoms with E-state index >= 15 is 0 Å². The van der Waals surface area contributed by atoms with Gasteiger partial charge in [-0.3, -0.25) is 4.79 Å². The zero-order valence-electron chi connectivity index (χ0n) is 13.7. The van der Waals surface area contributed by atoms with Crippen LogP contribution in [0.25, 0.3) is 0 Å². The number of piperidine rings is 2. The highest BCUT2D eigenvalue weighted by atomic mass is 19.1. The van der Waals surface area contributed by atoms with Crippen molar-refractivity contribution in [1.82, 2.24) is 15.5 Å². The highest BCUT2D eigenvalue weighted by molar-refractivity contribution is 5.99. The van der Waals surface area contributed by atoms with E-state index in [0.29, 0.717) is 29.9 Å². The zero-order chi connectivity index (χ0) is 16.3. The number of carbonyl (C=O) groups is 1. The standard InChI is InChI=1S/C18H23FN4O/c19-16-6-15-11(4-17(16)22-9-12-5-13(10-22)21-12)8-23(18(15)24)14-2-1-3-20-7-14/h4,6,12-14,20-21H,1-3,5,7-10H2. The number of anilines is 1. The normalized spacial score (nSPS) is 31.9. The summed E-state index contributed by atoms with van der Waals surface area (Å²) >= 11 is 0. The van der Waals surface area contributed by atoms with Gasteiger partial charge in [0.05, 0.1) is 5.69 Å². The molecular weight excluding hydrogens is 307 g/mol. The lowest BCUT2D eigenvalue weighted by atomic mass is 9.90. The first kappa shape index (κ1) is 14.7. The predicted octanol–water partition coefficient (Wildman–Crippen LogP) is 1.08. The number of piperazine rings is 1. The molecule has 0 aromatic heterocycles. The van der Waals surface area contributed by atoms with Crippen molar-refractivity contribution in [2.24, 2.45) is 0 Å². The second kappa shape index (κ2) is 5.43. The van der Waals surface area contributed by atoms with Crippen LogP contribution in [0.1, 0.15) is 35.2 Å². The summed E-state index contributed by atoms with van der Waals surface area (Å²) in [5, 5.41) is 6.83. The van der Waals surface area contributed by atoms with Gasteiger partial charge in [-0.25, -0.2) is 4.39 Å². The fourth-order valence-corrected chi connectivity index (χ4v) is 4.69. The van der Waals surface area contributed by atoms with E-state index in [-0.39, 0.29) is 17.8 Å². The van der Waals surface area contributed by atoms with Gasteiger partial charge in [0.2, 0.25) is 0 Å². The highest BCUT2D eigenvalue weighted by Crippen LogP contribution is 2.34. The van der Waals surface area contributed by atoms with E-state index in [1.165, 1.54) is 12.5 Å². The molecular formula is C18H23FN4O. The number of nitrogens with zero attached hydrogens (tertiary/aromatic N) is 2. The van der Waals surface area contributed by atoms with Crippen LogP contribution in [0.2, 0.25) is 0 Å². The van der Waals surface area contributed by atoms with Crippen LogP contribution in [0.3, 0.4) is 0 Å². The van der Waals surface area contributed by atoms with Crippen LogP contribution in [-0.4, -0.2) is 55.1 Å². The summed E-state index contributed by atoms with van der Waals surface area (Å²) in [4.78, 5) is 16.8. The molecule has 3 unspecified atom stereocenters. The molecule has 5 heterocycles. The second-order valence-corrected chi connectivity index (χ2v) is 7.60. The quantitative estimate of drug-likeness (QED) is 0.852. The van der Waals surface area contributed by atoms with Crippen LogP contribution < -0.4 is 15.5 Å². The molecule has 3 atom stereocenters. The Morgan fingerprint density at radius 2 is 2.00 bits per heavy atom. The number of benzene rings is 1. The monoisotopic (exact) mass is 330 g/mol. The average Bonchev–Trinajstić information content (AvgIpc) is 2.91. The number of carbonyl (C=O) groups excluding carboxylic acids is 1. The largest absolute Gasteiger partial charge is 0.366 e. The Balaban J connectivity index is 1.41. The van der Waals surface area contributed by atoms with Crippen molar-refractivity contribution in [2.75, 3.05) is 31.1 Å². The van der Waals surface area contributed by atoms with Crippen molar-refractivity contribution in [3.05, 3.63) is 29.1 Å². The van der Waals surface area contributed by atoms with Crippen molar-refractivity contribution < 1.29 is 9.18 Å². The lowest BCUT2D eigenvalue weighted by Crippen LogP contribution is -2.67. The molecule has 4 saturated heterocycles. The van der Waals surface area contributed by atoms with E-state index in [1.54, 1.807) is 0 Å². The van der Waals surface area contributed by atoms with Gasteiger partial charge in [0.15, 0.2) is 0 Å². The Morgan fingerprint density at radius 3 is 2.71 bits per heavy atom. The third kappa shape index (κ3) is 2.24. The maximum Gasteiger partial charge on any atom is 0.254 e. The minimum absolute atomic E-state index is 0.00712. The molecule has 2 N–H and O–H groups in total. The summed E-state index contributed by atoms with van der Waals surface area (Å²) in [6.45, 7) is 4.20. The molecule has 5 nitrogen and oxygen atoms in total. The van der Waals surface area contributed by atoms with E-state index in [2.05, 4.69) is 15.5 Å².